The van der Waals surface area contributed by atoms with Crippen molar-refractivity contribution < 1.29 is 9.53 Å². The average Bonchev–Trinajstić information content (AvgIpc) is 2.55. The maximum atomic E-state index is 12.1. The van der Waals surface area contributed by atoms with E-state index >= 15 is 0 Å². The summed E-state index contributed by atoms with van der Waals surface area (Å²) in [6.07, 6.45) is 2.28. The number of aromatic nitrogens is 1. The molecule has 0 radical (unpaired) electrons. The van der Waals surface area contributed by atoms with Crippen molar-refractivity contribution >= 4 is 5.91 Å². The highest BCUT2D eigenvalue weighted by molar-refractivity contribution is 5.81. The molecule has 1 N–H and O–H groups in total. The summed E-state index contributed by atoms with van der Waals surface area (Å²) in [4.78, 5) is 19.2. The number of likely N-dealkylation sites (tertiary alicyclic amines) is 1. The number of amides is 1. The van der Waals surface area contributed by atoms with Crippen LogP contribution in [0, 0.1) is 12.3 Å². The van der Waals surface area contributed by atoms with Crippen LogP contribution in [0.5, 0.6) is 0 Å². The zero-order valence-electron chi connectivity index (χ0n) is 15.5. The van der Waals surface area contributed by atoms with E-state index in [2.05, 4.69) is 27.3 Å². The third-order valence-corrected chi connectivity index (χ3v) is 4.75. The van der Waals surface area contributed by atoms with Crippen LogP contribution in [0.4, 0.5) is 0 Å². The number of hydrogen-bond donors (Lipinski definition) is 1. The van der Waals surface area contributed by atoms with Crippen LogP contribution >= 0.6 is 0 Å². The lowest BCUT2D eigenvalue weighted by Crippen LogP contribution is -2.44. The minimum Gasteiger partial charge on any atom is -0.384 e. The van der Waals surface area contributed by atoms with Gasteiger partial charge in [-0.05, 0) is 58.8 Å². The van der Waals surface area contributed by atoms with Crippen molar-refractivity contribution in [2.24, 2.45) is 5.41 Å². The molecule has 5 nitrogen and oxygen atoms in total. The van der Waals surface area contributed by atoms with Gasteiger partial charge in [0, 0.05) is 37.5 Å². The number of nitrogens with one attached hydrogen (secondary N) is 1. The van der Waals surface area contributed by atoms with Crippen molar-refractivity contribution in [3.05, 3.63) is 29.6 Å². The zero-order valence-corrected chi connectivity index (χ0v) is 15.5. The third-order valence-electron chi connectivity index (χ3n) is 4.75. The molecule has 134 valence electrons. The SMILES string of the molecule is COCC(C)(C)C(=O)NCCN1CCC(c2cccc(C)n2)CC1. The molecular weight excluding hydrogens is 302 g/mol. The molecule has 1 aliphatic rings. The molecule has 2 rings (SSSR count). The quantitative estimate of drug-likeness (QED) is 0.832. The summed E-state index contributed by atoms with van der Waals surface area (Å²) < 4.78 is 5.11. The highest BCUT2D eigenvalue weighted by atomic mass is 16.5. The monoisotopic (exact) mass is 333 g/mol. The van der Waals surface area contributed by atoms with Crippen molar-refractivity contribution in [3.8, 4) is 0 Å². The topological polar surface area (TPSA) is 54.5 Å². The molecule has 0 spiro atoms. The number of nitrogens with zero attached hydrogens (tertiary/aromatic N) is 2. The predicted octanol–water partition coefficient (Wildman–Crippen LogP) is 2.36. The summed E-state index contributed by atoms with van der Waals surface area (Å²) in [5.41, 5.74) is 1.85. The van der Waals surface area contributed by atoms with Gasteiger partial charge < -0.3 is 15.0 Å². The van der Waals surface area contributed by atoms with Crippen molar-refractivity contribution in [2.45, 2.75) is 39.5 Å². The molecule has 2 heterocycles. The first-order valence-electron chi connectivity index (χ1n) is 8.85. The molecule has 0 saturated carbocycles. The van der Waals surface area contributed by atoms with Gasteiger partial charge in [0.1, 0.15) is 0 Å². The molecule has 0 aliphatic carbocycles. The second kappa shape index (κ2) is 8.58. The molecule has 5 heteroatoms. The van der Waals surface area contributed by atoms with E-state index in [0.717, 1.165) is 38.2 Å². The molecule has 1 aliphatic heterocycles. The fraction of sp³-hybridized carbons (Fsp3) is 0.684. The van der Waals surface area contributed by atoms with Gasteiger partial charge in [-0.25, -0.2) is 0 Å². The Kier molecular flexibility index (Phi) is 6.75. The van der Waals surface area contributed by atoms with Gasteiger partial charge in [-0.15, -0.1) is 0 Å². The first kappa shape index (κ1) is 18.9. The van der Waals surface area contributed by atoms with Gasteiger partial charge in [-0.1, -0.05) is 6.07 Å². The van der Waals surface area contributed by atoms with Crippen LogP contribution in [0.1, 0.15) is 44.0 Å². The number of ether oxygens (including phenoxy) is 1. The number of pyridine rings is 1. The van der Waals surface area contributed by atoms with Crippen LogP contribution in [-0.4, -0.2) is 55.7 Å². The minimum absolute atomic E-state index is 0.0585. The Bertz CT molecular complexity index is 537. The number of aryl methyl sites for hydroxylation is 1. The second-order valence-electron chi connectivity index (χ2n) is 7.39. The first-order valence-corrected chi connectivity index (χ1v) is 8.85. The Hall–Kier alpha value is -1.46. The molecule has 1 saturated heterocycles. The molecule has 1 aromatic heterocycles. The van der Waals surface area contributed by atoms with Crippen LogP contribution in [0.15, 0.2) is 18.2 Å². The van der Waals surface area contributed by atoms with Crippen LogP contribution in [0.25, 0.3) is 0 Å². The Morgan fingerprint density at radius 2 is 2.08 bits per heavy atom. The Labute approximate surface area is 145 Å². The van der Waals surface area contributed by atoms with Gasteiger partial charge in [0.05, 0.1) is 12.0 Å². The Morgan fingerprint density at radius 3 is 2.71 bits per heavy atom. The lowest BCUT2D eigenvalue weighted by atomic mass is 9.92. The van der Waals surface area contributed by atoms with Crippen LogP contribution < -0.4 is 5.32 Å². The summed E-state index contributed by atoms with van der Waals surface area (Å²) in [5, 5.41) is 3.03. The van der Waals surface area contributed by atoms with Crippen molar-refractivity contribution in [2.75, 3.05) is 39.9 Å². The van der Waals surface area contributed by atoms with E-state index in [-0.39, 0.29) is 5.91 Å². The molecule has 1 amide bonds. The molecule has 0 atom stereocenters. The maximum absolute atomic E-state index is 12.1. The normalized spacial score (nSPS) is 17.0. The van der Waals surface area contributed by atoms with Crippen molar-refractivity contribution in [1.82, 2.24) is 15.2 Å². The minimum atomic E-state index is -0.474. The van der Waals surface area contributed by atoms with Gasteiger partial charge in [-0.3, -0.25) is 9.78 Å². The lowest BCUT2D eigenvalue weighted by Gasteiger charge is -2.32. The van der Waals surface area contributed by atoms with E-state index in [4.69, 9.17) is 4.74 Å². The first-order chi connectivity index (χ1) is 11.4. The third kappa shape index (κ3) is 5.28. The fourth-order valence-corrected chi connectivity index (χ4v) is 3.24. The summed E-state index contributed by atoms with van der Waals surface area (Å²) in [5.74, 6) is 0.625. The molecule has 0 aromatic carbocycles. The number of carbonyl (C=O) groups excluding carboxylic acids is 1. The Morgan fingerprint density at radius 1 is 1.38 bits per heavy atom. The molecule has 1 aromatic rings. The van der Waals surface area contributed by atoms with Crippen LogP contribution in [0.3, 0.4) is 0 Å². The standard InChI is InChI=1S/C19H31N3O2/c1-15-6-5-7-17(21-15)16-8-11-22(12-9-16)13-10-20-18(23)19(2,3)14-24-4/h5-7,16H,8-14H2,1-4H3,(H,20,23). The van der Waals surface area contributed by atoms with Gasteiger partial charge >= 0.3 is 0 Å². The second-order valence-corrected chi connectivity index (χ2v) is 7.39. The predicted molar refractivity (Wildman–Crippen MR) is 96.1 cm³/mol. The molecular formula is C19H31N3O2. The fourth-order valence-electron chi connectivity index (χ4n) is 3.24. The number of piperidine rings is 1. The van der Waals surface area contributed by atoms with E-state index < -0.39 is 5.41 Å². The largest absolute Gasteiger partial charge is 0.384 e. The van der Waals surface area contributed by atoms with E-state index in [0.29, 0.717) is 19.1 Å². The average molecular weight is 333 g/mol. The van der Waals surface area contributed by atoms with E-state index in [1.807, 2.05) is 26.8 Å². The Balaban J connectivity index is 1.71. The van der Waals surface area contributed by atoms with Crippen molar-refractivity contribution in [3.63, 3.8) is 0 Å². The summed E-state index contributed by atoms with van der Waals surface area (Å²) in [7, 11) is 1.63. The molecule has 24 heavy (non-hydrogen) atoms. The number of methoxy groups -OCH3 is 1. The lowest BCUT2D eigenvalue weighted by molar-refractivity contribution is -0.132. The highest BCUT2D eigenvalue weighted by Crippen LogP contribution is 2.26. The van der Waals surface area contributed by atoms with E-state index in [9.17, 15) is 4.79 Å². The van der Waals surface area contributed by atoms with E-state index in [1.165, 1.54) is 5.69 Å². The molecule has 0 unspecified atom stereocenters. The van der Waals surface area contributed by atoms with Gasteiger partial charge in [0.25, 0.3) is 0 Å². The summed E-state index contributed by atoms with van der Waals surface area (Å²) in [6, 6.07) is 6.29. The summed E-state index contributed by atoms with van der Waals surface area (Å²) in [6.45, 7) is 10.0. The smallest absolute Gasteiger partial charge is 0.228 e. The zero-order chi connectivity index (χ0) is 17.6. The molecule has 1 fully saturated rings. The van der Waals surface area contributed by atoms with Gasteiger partial charge in [-0.2, -0.15) is 0 Å². The summed E-state index contributed by atoms with van der Waals surface area (Å²) >= 11 is 0. The molecule has 0 bridgehead atoms. The van der Waals surface area contributed by atoms with Gasteiger partial charge in [0.15, 0.2) is 0 Å². The number of rotatable bonds is 7. The highest BCUT2D eigenvalue weighted by Gasteiger charge is 2.27. The van der Waals surface area contributed by atoms with Crippen molar-refractivity contribution in [1.29, 1.82) is 0 Å². The van der Waals surface area contributed by atoms with Crippen LogP contribution in [0.2, 0.25) is 0 Å². The number of carbonyl (C=O) groups is 1. The van der Waals surface area contributed by atoms with Gasteiger partial charge in [0.2, 0.25) is 5.91 Å². The van der Waals surface area contributed by atoms with E-state index in [1.54, 1.807) is 7.11 Å². The maximum Gasteiger partial charge on any atom is 0.228 e. The van der Waals surface area contributed by atoms with Crippen LogP contribution in [-0.2, 0) is 9.53 Å². The number of hydrogen-bond acceptors (Lipinski definition) is 4.